The molecule has 1 saturated carbocycles. The Morgan fingerprint density at radius 1 is 1.00 bits per heavy atom. The van der Waals surface area contributed by atoms with Crippen LogP contribution in [0.1, 0.15) is 49.7 Å². The zero-order valence-electron chi connectivity index (χ0n) is 11.4. The third-order valence-electron chi connectivity index (χ3n) is 3.97. The second-order valence-electron chi connectivity index (χ2n) is 5.53. The topological polar surface area (TPSA) is 17.1 Å². The van der Waals surface area contributed by atoms with Crippen LogP contribution in [0.2, 0.25) is 0 Å². The smallest absolute Gasteiger partial charge is 0.299 e. The highest BCUT2D eigenvalue weighted by Gasteiger charge is 2.30. The van der Waals surface area contributed by atoms with Gasteiger partial charge in [0.05, 0.1) is 5.56 Å². The van der Waals surface area contributed by atoms with Gasteiger partial charge in [-0.15, -0.1) is 0 Å². The van der Waals surface area contributed by atoms with E-state index in [4.69, 9.17) is 0 Å². The largest absolute Gasteiger partial charge is 0.416 e. The molecule has 1 aromatic rings. The first kappa shape index (κ1) is 15.1. The summed E-state index contributed by atoms with van der Waals surface area (Å²) in [6.07, 6.45) is 2.34. The summed E-state index contributed by atoms with van der Waals surface area (Å²) in [5, 5.41) is 0. The van der Waals surface area contributed by atoms with Gasteiger partial charge in [-0.2, -0.15) is 13.2 Å². The number of carbonyl (C=O) groups is 1. The maximum absolute atomic E-state index is 12.5. The highest BCUT2D eigenvalue weighted by molar-refractivity contribution is 5.83. The van der Waals surface area contributed by atoms with Gasteiger partial charge >= 0.3 is 6.18 Å². The van der Waals surface area contributed by atoms with E-state index in [1.807, 2.05) is 0 Å². The third kappa shape index (κ3) is 4.09. The molecule has 1 fully saturated rings. The summed E-state index contributed by atoms with van der Waals surface area (Å²) in [6.45, 7) is 0. The van der Waals surface area contributed by atoms with Gasteiger partial charge in [0.15, 0.2) is 0 Å². The van der Waals surface area contributed by atoms with Crippen LogP contribution in [-0.2, 0) is 17.4 Å². The summed E-state index contributed by atoms with van der Waals surface area (Å²) >= 11 is 0. The van der Waals surface area contributed by atoms with E-state index in [-0.39, 0.29) is 18.1 Å². The molecule has 0 bridgehead atoms. The van der Waals surface area contributed by atoms with Crippen molar-refractivity contribution < 1.29 is 18.0 Å². The Morgan fingerprint density at radius 2 is 1.55 bits per heavy atom. The molecule has 0 amide bonds. The first-order chi connectivity index (χ1) is 9.47. The zero-order chi connectivity index (χ0) is 14.6. The molecule has 20 heavy (non-hydrogen) atoms. The molecule has 2 rings (SSSR count). The lowest BCUT2D eigenvalue weighted by Gasteiger charge is -2.13. The first-order valence-corrected chi connectivity index (χ1v) is 7.15. The lowest BCUT2D eigenvalue weighted by molar-refractivity contribution is -0.137. The summed E-state index contributed by atoms with van der Waals surface area (Å²) < 4.78 is 37.4. The van der Waals surface area contributed by atoms with Crippen molar-refractivity contribution in [3.05, 3.63) is 35.4 Å². The molecule has 0 aromatic heterocycles. The molecule has 0 unspecified atom stereocenters. The van der Waals surface area contributed by atoms with Crippen molar-refractivity contribution in [2.24, 2.45) is 5.92 Å². The van der Waals surface area contributed by atoms with Crippen LogP contribution in [0.15, 0.2) is 24.3 Å². The Morgan fingerprint density at radius 3 is 2.05 bits per heavy atom. The molecule has 110 valence electrons. The Balaban J connectivity index is 1.97. The molecule has 0 radical (unpaired) electrons. The monoisotopic (exact) mass is 284 g/mol. The van der Waals surface area contributed by atoms with E-state index in [0.29, 0.717) is 5.56 Å². The van der Waals surface area contributed by atoms with Crippen LogP contribution in [0, 0.1) is 5.92 Å². The van der Waals surface area contributed by atoms with E-state index >= 15 is 0 Å². The molecule has 0 saturated heterocycles. The molecule has 1 aliphatic carbocycles. The van der Waals surface area contributed by atoms with Crippen molar-refractivity contribution in [2.75, 3.05) is 0 Å². The SMILES string of the molecule is O=C(Cc1ccc(C(F)(F)F)cc1)C1CCCCCC1. The van der Waals surface area contributed by atoms with E-state index in [1.165, 1.54) is 25.0 Å². The van der Waals surface area contributed by atoms with Gasteiger partial charge in [0.2, 0.25) is 0 Å². The quantitative estimate of drug-likeness (QED) is 0.729. The molecular weight excluding hydrogens is 265 g/mol. The second kappa shape index (κ2) is 6.42. The highest BCUT2D eigenvalue weighted by atomic mass is 19.4. The van der Waals surface area contributed by atoms with E-state index in [2.05, 4.69) is 0 Å². The van der Waals surface area contributed by atoms with Crippen molar-refractivity contribution in [1.29, 1.82) is 0 Å². The molecule has 1 aromatic carbocycles. The molecular formula is C16H19F3O. The molecule has 0 spiro atoms. The van der Waals surface area contributed by atoms with Gasteiger partial charge in [-0.3, -0.25) is 4.79 Å². The van der Waals surface area contributed by atoms with Crippen molar-refractivity contribution in [2.45, 2.75) is 51.1 Å². The Bertz CT molecular complexity index is 440. The zero-order valence-corrected chi connectivity index (χ0v) is 11.4. The Kier molecular flexibility index (Phi) is 4.84. The van der Waals surface area contributed by atoms with Crippen LogP contribution in [0.4, 0.5) is 13.2 Å². The molecule has 1 aliphatic rings. The Labute approximate surface area is 117 Å². The number of Topliss-reactive ketones (excluding diaryl/α,β-unsaturated/α-hetero) is 1. The summed E-state index contributed by atoms with van der Waals surface area (Å²) in [7, 11) is 0. The van der Waals surface area contributed by atoms with Crippen LogP contribution in [0.3, 0.4) is 0 Å². The fraction of sp³-hybridized carbons (Fsp3) is 0.562. The van der Waals surface area contributed by atoms with Gasteiger partial charge in [-0.1, -0.05) is 37.8 Å². The summed E-state index contributed by atoms with van der Waals surface area (Å²) in [5.74, 6) is 0.270. The molecule has 0 N–H and O–H groups in total. The van der Waals surface area contributed by atoms with Crippen LogP contribution in [0.5, 0.6) is 0 Å². The number of benzene rings is 1. The molecule has 0 heterocycles. The van der Waals surface area contributed by atoms with Gasteiger partial charge in [-0.05, 0) is 30.5 Å². The van der Waals surface area contributed by atoms with Crippen LogP contribution >= 0.6 is 0 Å². The van der Waals surface area contributed by atoms with Crippen molar-refractivity contribution in [1.82, 2.24) is 0 Å². The number of rotatable bonds is 3. The van der Waals surface area contributed by atoms with Crippen LogP contribution in [-0.4, -0.2) is 5.78 Å². The number of hydrogen-bond donors (Lipinski definition) is 0. The maximum atomic E-state index is 12.5. The van der Waals surface area contributed by atoms with Gasteiger partial charge in [0, 0.05) is 12.3 Å². The van der Waals surface area contributed by atoms with Crippen molar-refractivity contribution >= 4 is 5.78 Å². The average molecular weight is 284 g/mol. The summed E-state index contributed by atoms with van der Waals surface area (Å²) in [5.41, 5.74) is 0.00964. The minimum absolute atomic E-state index is 0.0970. The molecule has 0 aliphatic heterocycles. The number of ketones is 1. The van der Waals surface area contributed by atoms with E-state index in [9.17, 15) is 18.0 Å². The van der Waals surface area contributed by atoms with Gasteiger partial charge in [-0.25, -0.2) is 0 Å². The Hall–Kier alpha value is -1.32. The lowest BCUT2D eigenvalue weighted by atomic mass is 9.91. The van der Waals surface area contributed by atoms with Gasteiger partial charge in [0.25, 0.3) is 0 Å². The molecule has 4 heteroatoms. The minimum atomic E-state index is -4.32. The van der Waals surface area contributed by atoms with Crippen molar-refractivity contribution in [3.63, 3.8) is 0 Å². The summed E-state index contributed by atoms with van der Waals surface area (Å²) in [4.78, 5) is 12.2. The maximum Gasteiger partial charge on any atom is 0.416 e. The fourth-order valence-electron chi connectivity index (χ4n) is 2.76. The van der Waals surface area contributed by atoms with E-state index in [1.54, 1.807) is 0 Å². The van der Waals surface area contributed by atoms with E-state index < -0.39 is 11.7 Å². The van der Waals surface area contributed by atoms with Crippen molar-refractivity contribution in [3.8, 4) is 0 Å². The number of alkyl halides is 3. The summed E-state index contributed by atoms with van der Waals surface area (Å²) in [6, 6.07) is 4.93. The predicted octanol–water partition coefficient (Wildman–Crippen LogP) is 4.79. The minimum Gasteiger partial charge on any atom is -0.299 e. The van der Waals surface area contributed by atoms with E-state index in [0.717, 1.165) is 37.8 Å². The van der Waals surface area contributed by atoms with Gasteiger partial charge in [0.1, 0.15) is 5.78 Å². The lowest BCUT2D eigenvalue weighted by Crippen LogP contribution is -2.16. The third-order valence-corrected chi connectivity index (χ3v) is 3.97. The molecule has 1 nitrogen and oxygen atoms in total. The van der Waals surface area contributed by atoms with Crippen LogP contribution in [0.25, 0.3) is 0 Å². The first-order valence-electron chi connectivity index (χ1n) is 7.15. The second-order valence-corrected chi connectivity index (χ2v) is 5.53. The molecule has 0 atom stereocenters. The number of halogens is 3. The predicted molar refractivity (Wildman–Crippen MR) is 71.3 cm³/mol. The average Bonchev–Trinajstić information content (AvgIpc) is 2.67. The standard InChI is InChI=1S/C16H19F3O/c17-16(18,19)14-9-7-12(8-10-14)11-15(20)13-5-3-1-2-4-6-13/h7-10,13H,1-6,11H2. The highest BCUT2D eigenvalue weighted by Crippen LogP contribution is 2.29. The number of carbonyl (C=O) groups excluding carboxylic acids is 1. The fourth-order valence-corrected chi connectivity index (χ4v) is 2.76. The number of hydrogen-bond acceptors (Lipinski definition) is 1. The van der Waals surface area contributed by atoms with Crippen LogP contribution < -0.4 is 0 Å². The normalized spacial score (nSPS) is 17.8. The van der Waals surface area contributed by atoms with Gasteiger partial charge < -0.3 is 0 Å².